The second-order valence-corrected chi connectivity index (χ2v) is 5.80. The number of aryl methyl sites for hydroxylation is 1. The van der Waals surface area contributed by atoms with Crippen molar-refractivity contribution in [3.05, 3.63) is 40.0 Å². The number of benzene rings is 1. The predicted molar refractivity (Wildman–Crippen MR) is 92.4 cm³/mol. The molecule has 0 atom stereocenters. The van der Waals surface area contributed by atoms with Gasteiger partial charge in [0.05, 0.1) is 13.2 Å². The molecule has 0 aliphatic heterocycles. The highest BCUT2D eigenvalue weighted by Gasteiger charge is 2.13. The largest absolute Gasteiger partial charge is 0.490 e. The summed E-state index contributed by atoms with van der Waals surface area (Å²) >= 11 is 0. The number of rotatable bonds is 9. The number of carbonyl (C=O) groups is 1. The van der Waals surface area contributed by atoms with Crippen LogP contribution in [0.25, 0.3) is 11.0 Å². The normalized spacial score (nSPS) is 10.8. The molecule has 136 valence electrons. The Kier molecular flexibility index (Phi) is 6.98. The van der Waals surface area contributed by atoms with Crippen LogP contribution >= 0.6 is 0 Å². The number of esters is 1. The first-order valence-corrected chi connectivity index (χ1v) is 8.55. The molecule has 2 aromatic rings. The summed E-state index contributed by atoms with van der Waals surface area (Å²) in [5, 5.41) is 0.535. The minimum Gasteiger partial charge on any atom is -0.490 e. The molecular weight excluding hydrogens is 327 g/mol. The van der Waals surface area contributed by atoms with Crippen LogP contribution in [0.3, 0.4) is 0 Å². The van der Waals surface area contributed by atoms with E-state index in [-0.39, 0.29) is 17.1 Å². The van der Waals surface area contributed by atoms with Crippen LogP contribution in [0.2, 0.25) is 0 Å². The third-order valence-electron chi connectivity index (χ3n) is 3.93. The highest BCUT2D eigenvalue weighted by Crippen LogP contribution is 2.27. The summed E-state index contributed by atoms with van der Waals surface area (Å²) in [4.78, 5) is 22.5. The average Bonchev–Trinajstić information content (AvgIpc) is 2.62. The Bertz CT molecular complexity index is 781. The minimum absolute atomic E-state index is 0.174. The second-order valence-electron chi connectivity index (χ2n) is 5.80. The Balaban J connectivity index is 1.82. The Morgan fingerprint density at radius 3 is 2.60 bits per heavy atom. The van der Waals surface area contributed by atoms with Crippen molar-refractivity contribution >= 4 is 16.9 Å². The number of ether oxygens (including phenoxy) is 2. The molecule has 1 aromatic heterocycles. The molecule has 0 N–H and O–H groups in total. The third kappa shape index (κ3) is 5.05. The molecule has 1 aromatic carbocycles. The van der Waals surface area contributed by atoms with Gasteiger partial charge in [0.25, 0.3) is 0 Å². The van der Waals surface area contributed by atoms with Crippen molar-refractivity contribution in [3.63, 3.8) is 0 Å². The maximum atomic E-state index is 13.6. The minimum atomic E-state index is -0.984. The van der Waals surface area contributed by atoms with Gasteiger partial charge in [0.2, 0.25) is 5.82 Å². The zero-order valence-corrected chi connectivity index (χ0v) is 14.6. The van der Waals surface area contributed by atoms with Crippen molar-refractivity contribution in [2.24, 2.45) is 0 Å². The average molecular weight is 350 g/mol. The molecule has 5 nitrogen and oxygen atoms in total. The number of unbranched alkanes of at least 4 members (excludes halogenated alkanes) is 3. The van der Waals surface area contributed by atoms with Crippen molar-refractivity contribution < 1.29 is 23.1 Å². The second kappa shape index (κ2) is 9.20. The fraction of sp³-hybridized carbons (Fsp3) is 0.474. The molecule has 0 fully saturated rings. The van der Waals surface area contributed by atoms with Crippen molar-refractivity contribution in [1.82, 2.24) is 0 Å². The van der Waals surface area contributed by atoms with Gasteiger partial charge in [0, 0.05) is 17.4 Å². The molecule has 0 aliphatic rings. The van der Waals surface area contributed by atoms with Gasteiger partial charge in [-0.05, 0) is 38.7 Å². The van der Waals surface area contributed by atoms with Gasteiger partial charge in [0.15, 0.2) is 11.3 Å². The van der Waals surface area contributed by atoms with E-state index >= 15 is 0 Å². The number of halogens is 1. The van der Waals surface area contributed by atoms with Crippen LogP contribution in [0.15, 0.2) is 27.4 Å². The van der Waals surface area contributed by atoms with Gasteiger partial charge in [-0.15, -0.1) is 0 Å². The zero-order chi connectivity index (χ0) is 18.2. The monoisotopic (exact) mass is 350 g/mol. The lowest BCUT2D eigenvalue weighted by Gasteiger charge is -2.09. The number of hydrogen-bond donors (Lipinski definition) is 0. The summed E-state index contributed by atoms with van der Waals surface area (Å²) in [7, 11) is 0. The molecule has 1 heterocycles. The summed E-state index contributed by atoms with van der Waals surface area (Å²) in [6.07, 6.45) is 3.93. The van der Waals surface area contributed by atoms with E-state index in [1.165, 1.54) is 0 Å². The van der Waals surface area contributed by atoms with Crippen LogP contribution in [0, 0.1) is 12.7 Å². The molecule has 0 spiro atoms. The van der Waals surface area contributed by atoms with Crippen molar-refractivity contribution in [2.45, 2.75) is 46.0 Å². The summed E-state index contributed by atoms with van der Waals surface area (Å²) in [6.45, 7) is 4.23. The smallest absolute Gasteiger partial charge is 0.373 e. The summed E-state index contributed by atoms with van der Waals surface area (Å²) in [5.74, 6) is -0.601. The van der Waals surface area contributed by atoms with E-state index in [0.29, 0.717) is 30.8 Å². The Morgan fingerprint density at radius 1 is 1.16 bits per heavy atom. The SMILES string of the molecule is CCC(=O)OCCCCCCOc1cccc2c(C)c(F)c(=O)oc12. The lowest BCUT2D eigenvalue weighted by molar-refractivity contribution is -0.143. The number of fused-ring (bicyclic) bond motifs is 1. The van der Waals surface area contributed by atoms with Crippen LogP contribution in [0.1, 0.15) is 44.6 Å². The van der Waals surface area contributed by atoms with E-state index in [1.807, 2.05) is 0 Å². The van der Waals surface area contributed by atoms with Crippen molar-refractivity contribution in [1.29, 1.82) is 0 Å². The Labute approximate surface area is 145 Å². The van der Waals surface area contributed by atoms with Gasteiger partial charge in [-0.2, -0.15) is 4.39 Å². The molecule has 0 amide bonds. The molecule has 2 rings (SSSR count). The van der Waals surface area contributed by atoms with Gasteiger partial charge >= 0.3 is 11.6 Å². The number of hydrogen-bond acceptors (Lipinski definition) is 5. The summed E-state index contributed by atoms with van der Waals surface area (Å²) < 4.78 is 29.4. The predicted octanol–water partition coefficient (Wildman–Crippen LogP) is 4.13. The van der Waals surface area contributed by atoms with Crippen molar-refractivity contribution in [3.8, 4) is 5.75 Å². The lowest BCUT2D eigenvalue weighted by atomic mass is 10.1. The van der Waals surface area contributed by atoms with Crippen LogP contribution in [-0.4, -0.2) is 19.2 Å². The van der Waals surface area contributed by atoms with Gasteiger partial charge < -0.3 is 13.9 Å². The van der Waals surface area contributed by atoms with E-state index in [1.54, 1.807) is 32.0 Å². The maximum Gasteiger partial charge on any atom is 0.373 e. The van der Waals surface area contributed by atoms with Crippen LogP contribution in [0.5, 0.6) is 5.75 Å². The van der Waals surface area contributed by atoms with Gasteiger partial charge in [-0.1, -0.05) is 19.1 Å². The molecule has 0 aliphatic carbocycles. The highest BCUT2D eigenvalue weighted by atomic mass is 19.1. The molecule has 0 unspecified atom stereocenters. The zero-order valence-electron chi connectivity index (χ0n) is 14.6. The fourth-order valence-electron chi connectivity index (χ4n) is 2.47. The molecule has 0 saturated carbocycles. The molecule has 0 saturated heterocycles. The van der Waals surface area contributed by atoms with Crippen LogP contribution in [-0.2, 0) is 9.53 Å². The quantitative estimate of drug-likeness (QED) is 0.386. The van der Waals surface area contributed by atoms with Crippen LogP contribution in [0.4, 0.5) is 4.39 Å². The molecule has 25 heavy (non-hydrogen) atoms. The standard InChI is InChI=1S/C19H23FO5/c1-3-16(21)24-12-7-5-4-6-11-23-15-10-8-9-14-13(2)17(20)19(22)25-18(14)15/h8-10H,3-7,11-12H2,1-2H3. The topological polar surface area (TPSA) is 65.7 Å². The van der Waals surface area contributed by atoms with E-state index in [4.69, 9.17) is 13.9 Å². The van der Waals surface area contributed by atoms with Crippen LogP contribution < -0.4 is 10.4 Å². The van der Waals surface area contributed by atoms with E-state index in [2.05, 4.69) is 0 Å². The third-order valence-corrected chi connectivity index (χ3v) is 3.93. The Hall–Kier alpha value is -2.37. The van der Waals surface area contributed by atoms with Crippen molar-refractivity contribution in [2.75, 3.05) is 13.2 Å². The van der Waals surface area contributed by atoms with Gasteiger partial charge in [-0.3, -0.25) is 4.79 Å². The highest BCUT2D eigenvalue weighted by molar-refractivity contribution is 5.85. The molecular formula is C19H23FO5. The van der Waals surface area contributed by atoms with Gasteiger partial charge in [0.1, 0.15) is 0 Å². The first-order valence-electron chi connectivity index (χ1n) is 8.55. The fourth-order valence-corrected chi connectivity index (χ4v) is 2.47. The molecule has 6 heteroatoms. The van der Waals surface area contributed by atoms with E-state index in [0.717, 1.165) is 25.7 Å². The summed E-state index contributed by atoms with van der Waals surface area (Å²) in [6, 6.07) is 5.14. The Morgan fingerprint density at radius 2 is 1.88 bits per heavy atom. The lowest BCUT2D eigenvalue weighted by Crippen LogP contribution is -2.08. The van der Waals surface area contributed by atoms with E-state index in [9.17, 15) is 14.0 Å². The van der Waals surface area contributed by atoms with E-state index < -0.39 is 11.4 Å². The molecule has 0 radical (unpaired) electrons. The van der Waals surface area contributed by atoms with Gasteiger partial charge in [-0.25, -0.2) is 4.79 Å². The summed E-state index contributed by atoms with van der Waals surface area (Å²) in [5.41, 5.74) is -0.445. The number of carbonyl (C=O) groups excluding carboxylic acids is 1. The first kappa shape index (κ1) is 19.0. The number of para-hydroxylation sites is 1. The maximum absolute atomic E-state index is 13.6. The molecule has 0 bridgehead atoms. The first-order chi connectivity index (χ1) is 12.0.